The van der Waals surface area contributed by atoms with Crippen molar-refractivity contribution in [3.8, 4) is 0 Å². The minimum Gasteiger partial charge on any atom is -0.355 e. The van der Waals surface area contributed by atoms with Gasteiger partial charge in [-0.2, -0.15) is 4.31 Å². The van der Waals surface area contributed by atoms with E-state index in [1.807, 2.05) is 0 Å². The highest BCUT2D eigenvalue weighted by Crippen LogP contribution is 2.27. The predicted octanol–water partition coefficient (Wildman–Crippen LogP) is 3.90. The Bertz CT molecular complexity index is 968. The van der Waals surface area contributed by atoms with Crippen molar-refractivity contribution >= 4 is 50.7 Å². The van der Waals surface area contributed by atoms with E-state index in [1.54, 1.807) is 6.07 Å². The molecule has 1 amide bonds. The van der Waals surface area contributed by atoms with Gasteiger partial charge >= 0.3 is 0 Å². The van der Waals surface area contributed by atoms with Crippen LogP contribution >= 0.6 is 34.8 Å². The second-order valence-electron chi connectivity index (χ2n) is 6.42. The van der Waals surface area contributed by atoms with Crippen molar-refractivity contribution < 1.29 is 13.2 Å². The summed E-state index contributed by atoms with van der Waals surface area (Å²) in [7, 11) is -3.98. The zero-order valence-electron chi connectivity index (χ0n) is 14.7. The lowest BCUT2D eigenvalue weighted by molar-refractivity contribution is -0.124. The molecular weight excluding hydrogens is 445 g/mol. The van der Waals surface area contributed by atoms with Gasteiger partial charge in [0.25, 0.3) is 0 Å². The summed E-state index contributed by atoms with van der Waals surface area (Å²) in [4.78, 5) is 16.6. The molecule has 6 nitrogen and oxygen atoms in total. The van der Waals surface area contributed by atoms with Crippen LogP contribution in [0.25, 0.3) is 0 Å². The Morgan fingerprint density at radius 1 is 1.14 bits per heavy atom. The molecule has 0 spiro atoms. The molecule has 1 aromatic carbocycles. The van der Waals surface area contributed by atoms with E-state index in [0.717, 1.165) is 12.8 Å². The first-order valence-electron chi connectivity index (χ1n) is 8.64. The highest BCUT2D eigenvalue weighted by atomic mass is 35.5. The van der Waals surface area contributed by atoms with Gasteiger partial charge in [0.1, 0.15) is 11.2 Å². The van der Waals surface area contributed by atoms with Gasteiger partial charge in [0.05, 0.1) is 9.92 Å². The fourth-order valence-corrected chi connectivity index (χ4v) is 5.05. The number of amides is 1. The molecule has 0 saturated carbocycles. The molecule has 1 N–H and O–H groups in total. The molecule has 2 aromatic rings. The average molecular weight is 463 g/mol. The standard InChI is InChI=1S/C18H18Cl3N3O3S/c19-13-4-6-14(7-5-13)28(26,27)24(16-3-1-2-8-22-18(16)25)11-12-9-15(20)17(21)23-10-12/h4-7,9-10,16H,1-3,8,11H2,(H,22,25). The van der Waals surface area contributed by atoms with Gasteiger partial charge in [0.15, 0.2) is 0 Å². The molecule has 1 atom stereocenters. The van der Waals surface area contributed by atoms with E-state index in [-0.39, 0.29) is 27.5 Å². The van der Waals surface area contributed by atoms with Crippen LogP contribution in [-0.4, -0.2) is 36.2 Å². The molecule has 1 fully saturated rings. The van der Waals surface area contributed by atoms with Crippen molar-refractivity contribution in [2.75, 3.05) is 6.54 Å². The highest BCUT2D eigenvalue weighted by Gasteiger charge is 2.36. The molecule has 1 unspecified atom stereocenters. The maximum Gasteiger partial charge on any atom is 0.244 e. The minimum absolute atomic E-state index is 0.0574. The fraction of sp³-hybridized carbons (Fsp3) is 0.333. The summed E-state index contributed by atoms with van der Waals surface area (Å²) in [5, 5.41) is 3.55. The average Bonchev–Trinajstić information content (AvgIpc) is 2.87. The van der Waals surface area contributed by atoms with Crippen LogP contribution in [0.2, 0.25) is 15.2 Å². The maximum absolute atomic E-state index is 13.4. The van der Waals surface area contributed by atoms with Crippen LogP contribution in [0.5, 0.6) is 0 Å². The second-order valence-corrected chi connectivity index (χ2v) is 9.52. The summed E-state index contributed by atoms with van der Waals surface area (Å²) in [5.41, 5.74) is 0.531. The van der Waals surface area contributed by atoms with E-state index < -0.39 is 16.1 Å². The topological polar surface area (TPSA) is 79.4 Å². The summed E-state index contributed by atoms with van der Waals surface area (Å²) in [6.07, 6.45) is 3.40. The molecule has 2 heterocycles. The number of sulfonamides is 1. The van der Waals surface area contributed by atoms with Crippen molar-refractivity contribution in [2.45, 2.75) is 36.7 Å². The molecule has 150 valence electrons. The molecule has 28 heavy (non-hydrogen) atoms. The Hall–Kier alpha value is -1.38. The molecule has 0 bridgehead atoms. The van der Waals surface area contributed by atoms with E-state index in [2.05, 4.69) is 10.3 Å². The molecule has 1 aliphatic rings. The van der Waals surface area contributed by atoms with Crippen LogP contribution in [0.15, 0.2) is 41.4 Å². The SMILES string of the molecule is O=C1NCCCCC1N(Cc1cnc(Cl)c(Cl)c1)S(=O)(=O)c1ccc(Cl)cc1. The molecular formula is C18H18Cl3N3O3S. The van der Waals surface area contributed by atoms with Crippen LogP contribution in [0, 0.1) is 0 Å². The largest absolute Gasteiger partial charge is 0.355 e. The molecule has 1 aromatic heterocycles. The Labute approximate surface area is 178 Å². The third kappa shape index (κ3) is 4.78. The van der Waals surface area contributed by atoms with Gasteiger partial charge in [-0.3, -0.25) is 4.79 Å². The Balaban J connectivity index is 2.03. The number of nitrogens with one attached hydrogen (secondary N) is 1. The number of carbonyl (C=O) groups is 1. The maximum atomic E-state index is 13.4. The van der Waals surface area contributed by atoms with Gasteiger partial charge in [0, 0.05) is 24.3 Å². The first-order chi connectivity index (χ1) is 13.3. The number of hydrogen-bond donors (Lipinski definition) is 1. The number of rotatable bonds is 5. The quantitative estimate of drug-likeness (QED) is 0.683. The minimum atomic E-state index is -3.98. The van der Waals surface area contributed by atoms with Crippen molar-refractivity contribution in [1.29, 1.82) is 0 Å². The van der Waals surface area contributed by atoms with Crippen LogP contribution in [0.3, 0.4) is 0 Å². The normalized spacial score (nSPS) is 18.0. The van der Waals surface area contributed by atoms with Gasteiger partial charge in [-0.25, -0.2) is 13.4 Å². The van der Waals surface area contributed by atoms with Crippen molar-refractivity contribution in [3.63, 3.8) is 0 Å². The number of halogens is 3. The number of nitrogens with zero attached hydrogens (tertiary/aromatic N) is 2. The molecule has 1 aliphatic heterocycles. The van der Waals surface area contributed by atoms with E-state index in [1.165, 1.54) is 34.8 Å². The van der Waals surface area contributed by atoms with Gasteiger partial charge in [-0.05, 0) is 55.2 Å². The van der Waals surface area contributed by atoms with Crippen LogP contribution in [0.1, 0.15) is 24.8 Å². The summed E-state index contributed by atoms with van der Waals surface area (Å²) in [6.45, 7) is 0.464. The molecule has 1 saturated heterocycles. The first kappa shape index (κ1) is 21.3. The van der Waals surface area contributed by atoms with Gasteiger partial charge < -0.3 is 5.32 Å². The predicted molar refractivity (Wildman–Crippen MR) is 109 cm³/mol. The van der Waals surface area contributed by atoms with E-state index in [9.17, 15) is 13.2 Å². The summed E-state index contributed by atoms with van der Waals surface area (Å²) < 4.78 is 28.0. The van der Waals surface area contributed by atoms with Crippen molar-refractivity contribution in [2.24, 2.45) is 0 Å². The highest BCUT2D eigenvalue weighted by molar-refractivity contribution is 7.89. The summed E-state index contributed by atoms with van der Waals surface area (Å²) >= 11 is 17.8. The summed E-state index contributed by atoms with van der Waals surface area (Å²) in [6, 6.07) is 6.56. The number of pyridine rings is 1. The lowest BCUT2D eigenvalue weighted by Gasteiger charge is -2.29. The van der Waals surface area contributed by atoms with E-state index in [4.69, 9.17) is 34.8 Å². The monoisotopic (exact) mass is 461 g/mol. The van der Waals surface area contributed by atoms with Crippen molar-refractivity contribution in [3.05, 3.63) is 57.3 Å². The Kier molecular flexibility index (Phi) is 6.83. The van der Waals surface area contributed by atoms with E-state index >= 15 is 0 Å². The Morgan fingerprint density at radius 3 is 2.54 bits per heavy atom. The van der Waals surface area contributed by atoms with Crippen LogP contribution < -0.4 is 5.32 Å². The Morgan fingerprint density at radius 2 is 1.86 bits per heavy atom. The van der Waals surface area contributed by atoms with E-state index in [0.29, 0.717) is 23.6 Å². The number of benzene rings is 1. The summed E-state index contributed by atoms with van der Waals surface area (Å²) in [5.74, 6) is -0.317. The number of aromatic nitrogens is 1. The van der Waals surface area contributed by atoms with Gasteiger partial charge in [-0.15, -0.1) is 0 Å². The third-order valence-electron chi connectivity index (χ3n) is 4.47. The van der Waals surface area contributed by atoms with Crippen molar-refractivity contribution in [1.82, 2.24) is 14.6 Å². The zero-order valence-corrected chi connectivity index (χ0v) is 17.8. The van der Waals surface area contributed by atoms with Crippen LogP contribution in [0.4, 0.5) is 0 Å². The smallest absolute Gasteiger partial charge is 0.244 e. The molecule has 3 rings (SSSR count). The van der Waals surface area contributed by atoms with Crippen LogP contribution in [-0.2, 0) is 21.4 Å². The van der Waals surface area contributed by atoms with Gasteiger partial charge in [0.2, 0.25) is 15.9 Å². The third-order valence-corrected chi connectivity index (χ3v) is 7.27. The molecule has 10 heteroatoms. The first-order valence-corrected chi connectivity index (χ1v) is 11.2. The lowest BCUT2D eigenvalue weighted by atomic mass is 10.1. The number of carbonyl (C=O) groups excluding carboxylic acids is 1. The molecule has 0 aliphatic carbocycles. The zero-order chi connectivity index (χ0) is 20.3. The lowest BCUT2D eigenvalue weighted by Crippen LogP contribution is -2.48. The molecule has 0 radical (unpaired) electrons. The number of hydrogen-bond acceptors (Lipinski definition) is 4. The fourth-order valence-electron chi connectivity index (χ4n) is 3.03. The second kappa shape index (κ2) is 8.97. The van der Waals surface area contributed by atoms with Gasteiger partial charge in [-0.1, -0.05) is 34.8 Å².